The minimum absolute atomic E-state index is 0.333. The summed E-state index contributed by atoms with van der Waals surface area (Å²) in [6.07, 6.45) is 0. The second-order valence-corrected chi connectivity index (χ2v) is 4.12. The van der Waals surface area contributed by atoms with E-state index in [4.69, 9.17) is 16.3 Å². The second kappa shape index (κ2) is 4.72. The van der Waals surface area contributed by atoms with Crippen molar-refractivity contribution in [2.75, 3.05) is 6.61 Å². The summed E-state index contributed by atoms with van der Waals surface area (Å²) in [5.41, 5.74) is 1.10. The molecule has 0 radical (unpaired) electrons. The molecule has 0 fully saturated rings. The second-order valence-electron chi connectivity index (χ2n) is 3.68. The van der Waals surface area contributed by atoms with Gasteiger partial charge >= 0.3 is 5.97 Å². The third-order valence-corrected chi connectivity index (χ3v) is 2.71. The average Bonchev–Trinajstić information content (AvgIpc) is 2.30. The average molecular weight is 250 g/mol. The van der Waals surface area contributed by atoms with Crippen LogP contribution in [0.1, 0.15) is 23.1 Å². The molecule has 2 rings (SSSR count). The topological polar surface area (TPSA) is 39.2 Å². The van der Waals surface area contributed by atoms with Crippen LogP contribution in [-0.2, 0) is 4.74 Å². The molecule has 0 amide bonds. The molecule has 0 bridgehead atoms. The van der Waals surface area contributed by atoms with Crippen molar-refractivity contribution in [3.8, 4) is 0 Å². The van der Waals surface area contributed by atoms with Gasteiger partial charge in [0.05, 0.1) is 6.61 Å². The first-order valence-corrected chi connectivity index (χ1v) is 5.73. The summed E-state index contributed by atoms with van der Waals surface area (Å²) >= 11 is 5.92. The Hall–Kier alpha value is -1.61. The highest BCUT2D eigenvalue weighted by Crippen LogP contribution is 2.22. The van der Waals surface area contributed by atoms with E-state index in [1.807, 2.05) is 19.1 Å². The van der Waals surface area contributed by atoms with Crippen LogP contribution in [0.2, 0.25) is 5.02 Å². The van der Waals surface area contributed by atoms with Gasteiger partial charge in [0.2, 0.25) is 0 Å². The van der Waals surface area contributed by atoms with Crippen LogP contribution >= 0.6 is 11.6 Å². The summed E-state index contributed by atoms with van der Waals surface area (Å²) in [5.74, 6) is -0.396. The van der Waals surface area contributed by atoms with Crippen molar-refractivity contribution < 1.29 is 9.53 Å². The lowest BCUT2D eigenvalue weighted by atomic mass is 10.1. The number of halogens is 1. The van der Waals surface area contributed by atoms with Crippen molar-refractivity contribution in [3.63, 3.8) is 0 Å². The number of aryl methyl sites for hydroxylation is 1. The molecule has 0 aliphatic heterocycles. The van der Waals surface area contributed by atoms with Gasteiger partial charge in [-0.05, 0) is 37.4 Å². The molecule has 1 aromatic carbocycles. The minimum Gasteiger partial charge on any atom is -0.461 e. The van der Waals surface area contributed by atoms with Crippen molar-refractivity contribution in [3.05, 3.63) is 40.7 Å². The van der Waals surface area contributed by atoms with E-state index in [0.717, 1.165) is 16.5 Å². The number of ether oxygens (including phenoxy) is 1. The monoisotopic (exact) mass is 249 g/mol. The predicted octanol–water partition coefficient (Wildman–Crippen LogP) is 3.37. The van der Waals surface area contributed by atoms with Gasteiger partial charge in [0.15, 0.2) is 0 Å². The van der Waals surface area contributed by atoms with Crippen LogP contribution in [0.25, 0.3) is 10.8 Å². The van der Waals surface area contributed by atoms with Crippen LogP contribution < -0.4 is 0 Å². The standard InChI is InChI=1S/C13H12ClNO2/c1-3-17-13(16)12-6-9-4-5-10(14)7-11(9)8(2)15-12/h4-7H,3H2,1-2H3. The summed E-state index contributed by atoms with van der Waals surface area (Å²) in [4.78, 5) is 15.8. The van der Waals surface area contributed by atoms with Crippen LogP contribution in [0.5, 0.6) is 0 Å². The molecule has 0 aliphatic rings. The van der Waals surface area contributed by atoms with Crippen molar-refractivity contribution in [1.82, 2.24) is 4.98 Å². The number of carbonyl (C=O) groups is 1. The first-order valence-electron chi connectivity index (χ1n) is 5.36. The highest BCUT2D eigenvalue weighted by atomic mass is 35.5. The van der Waals surface area contributed by atoms with Crippen LogP contribution in [0.15, 0.2) is 24.3 Å². The zero-order valence-corrected chi connectivity index (χ0v) is 10.4. The Balaban J connectivity index is 2.56. The van der Waals surface area contributed by atoms with Gasteiger partial charge in [-0.2, -0.15) is 0 Å². The predicted molar refractivity (Wildman–Crippen MR) is 67.4 cm³/mol. The molecule has 0 atom stereocenters. The number of carbonyl (C=O) groups excluding carboxylic acids is 1. The van der Waals surface area contributed by atoms with Crippen LogP contribution in [0.4, 0.5) is 0 Å². The highest BCUT2D eigenvalue weighted by Gasteiger charge is 2.11. The number of aromatic nitrogens is 1. The first-order chi connectivity index (χ1) is 8.11. The van der Waals surface area contributed by atoms with E-state index in [1.165, 1.54) is 0 Å². The van der Waals surface area contributed by atoms with E-state index in [0.29, 0.717) is 17.3 Å². The SMILES string of the molecule is CCOC(=O)c1cc2ccc(Cl)cc2c(C)n1. The summed E-state index contributed by atoms with van der Waals surface area (Å²) < 4.78 is 4.93. The van der Waals surface area contributed by atoms with E-state index < -0.39 is 5.97 Å². The Morgan fingerprint density at radius 3 is 2.88 bits per heavy atom. The molecule has 0 N–H and O–H groups in total. The van der Waals surface area contributed by atoms with E-state index in [1.54, 1.807) is 19.1 Å². The van der Waals surface area contributed by atoms with Gasteiger partial charge in [-0.1, -0.05) is 17.7 Å². The first kappa shape index (κ1) is 11.9. The van der Waals surface area contributed by atoms with Gasteiger partial charge in [-0.25, -0.2) is 9.78 Å². The van der Waals surface area contributed by atoms with Crippen LogP contribution in [0.3, 0.4) is 0 Å². The van der Waals surface area contributed by atoms with Crippen molar-refractivity contribution >= 4 is 28.3 Å². The van der Waals surface area contributed by atoms with E-state index in [2.05, 4.69) is 4.98 Å². The number of pyridine rings is 1. The molecule has 4 heteroatoms. The smallest absolute Gasteiger partial charge is 0.356 e. The molecule has 3 nitrogen and oxygen atoms in total. The van der Waals surface area contributed by atoms with Crippen molar-refractivity contribution in [2.45, 2.75) is 13.8 Å². The number of rotatable bonds is 2. The molecule has 0 aliphatic carbocycles. The molecule has 2 aromatic rings. The summed E-state index contributed by atoms with van der Waals surface area (Å²) in [6.45, 7) is 3.96. The molecular formula is C13H12ClNO2. The van der Waals surface area contributed by atoms with Gasteiger partial charge < -0.3 is 4.74 Å². The van der Waals surface area contributed by atoms with Gasteiger partial charge in [0.1, 0.15) is 5.69 Å². The highest BCUT2D eigenvalue weighted by molar-refractivity contribution is 6.31. The van der Waals surface area contributed by atoms with E-state index >= 15 is 0 Å². The lowest BCUT2D eigenvalue weighted by molar-refractivity contribution is 0.0519. The number of hydrogen-bond donors (Lipinski definition) is 0. The molecule has 88 valence electrons. The normalized spacial score (nSPS) is 10.5. The van der Waals surface area contributed by atoms with Gasteiger partial charge in [-0.3, -0.25) is 0 Å². The third-order valence-electron chi connectivity index (χ3n) is 2.47. The minimum atomic E-state index is -0.396. The number of nitrogens with zero attached hydrogens (tertiary/aromatic N) is 1. The fraction of sp³-hybridized carbons (Fsp3) is 0.231. The third kappa shape index (κ3) is 2.39. The Labute approximate surface area is 104 Å². The maximum absolute atomic E-state index is 11.6. The molecule has 0 spiro atoms. The molecule has 0 saturated carbocycles. The van der Waals surface area contributed by atoms with Crippen molar-refractivity contribution in [1.29, 1.82) is 0 Å². The lowest BCUT2D eigenvalue weighted by Crippen LogP contribution is -2.07. The van der Waals surface area contributed by atoms with Gasteiger partial charge in [-0.15, -0.1) is 0 Å². The van der Waals surface area contributed by atoms with Crippen molar-refractivity contribution in [2.24, 2.45) is 0 Å². The molecule has 0 saturated heterocycles. The Morgan fingerprint density at radius 1 is 1.41 bits per heavy atom. The Morgan fingerprint density at radius 2 is 2.18 bits per heavy atom. The van der Waals surface area contributed by atoms with E-state index in [-0.39, 0.29) is 0 Å². The zero-order valence-electron chi connectivity index (χ0n) is 9.66. The fourth-order valence-electron chi connectivity index (χ4n) is 1.70. The summed E-state index contributed by atoms with van der Waals surface area (Å²) in [6, 6.07) is 7.22. The molecule has 1 heterocycles. The molecule has 1 aromatic heterocycles. The molecular weight excluding hydrogens is 238 g/mol. The fourth-order valence-corrected chi connectivity index (χ4v) is 1.87. The number of esters is 1. The summed E-state index contributed by atoms with van der Waals surface area (Å²) in [7, 11) is 0. The Kier molecular flexibility index (Phi) is 3.29. The lowest BCUT2D eigenvalue weighted by Gasteiger charge is -2.06. The maximum Gasteiger partial charge on any atom is 0.356 e. The quantitative estimate of drug-likeness (QED) is 0.766. The molecule has 0 unspecified atom stereocenters. The Bertz CT molecular complexity index is 581. The maximum atomic E-state index is 11.6. The number of hydrogen-bond acceptors (Lipinski definition) is 3. The van der Waals surface area contributed by atoms with Crippen LogP contribution in [0, 0.1) is 6.92 Å². The zero-order chi connectivity index (χ0) is 12.4. The summed E-state index contributed by atoms with van der Waals surface area (Å²) in [5, 5.41) is 2.54. The molecule has 17 heavy (non-hydrogen) atoms. The van der Waals surface area contributed by atoms with E-state index in [9.17, 15) is 4.79 Å². The van der Waals surface area contributed by atoms with Gasteiger partial charge in [0.25, 0.3) is 0 Å². The number of benzene rings is 1. The van der Waals surface area contributed by atoms with Gasteiger partial charge in [0, 0.05) is 16.1 Å². The largest absolute Gasteiger partial charge is 0.461 e. The number of fused-ring (bicyclic) bond motifs is 1. The van der Waals surface area contributed by atoms with Crippen LogP contribution in [-0.4, -0.2) is 17.6 Å².